The molecule has 10 aromatic carbocycles. The number of fused-ring (bicyclic) bond motifs is 6. The first-order valence-electron chi connectivity index (χ1n) is 22.0. The molecule has 0 unspecified atom stereocenters. The summed E-state index contributed by atoms with van der Waals surface area (Å²) in [6.07, 6.45) is 0. The Bertz CT molecular complexity index is 3510. The molecule has 0 aliphatic carbocycles. The van der Waals surface area contributed by atoms with E-state index in [0.29, 0.717) is 0 Å². The fourth-order valence-electron chi connectivity index (χ4n) is 9.94. The summed E-state index contributed by atoms with van der Waals surface area (Å²) in [7, 11) is 11.3. The molecule has 0 radical (unpaired) electrons. The number of para-hydroxylation sites is 1. The van der Waals surface area contributed by atoms with Crippen LogP contribution in [0.4, 0.5) is 17.1 Å². The number of hydrogen-bond acceptors (Lipinski definition) is 1. The van der Waals surface area contributed by atoms with E-state index in [4.69, 9.17) is 0 Å². The van der Waals surface area contributed by atoms with Crippen molar-refractivity contribution in [2.24, 2.45) is 0 Å². The highest BCUT2D eigenvalue weighted by atomic mass is 15.1. The van der Waals surface area contributed by atoms with Crippen molar-refractivity contribution >= 4 is 127 Å². The van der Waals surface area contributed by atoms with Crippen molar-refractivity contribution in [1.82, 2.24) is 4.57 Å². The molecule has 0 atom stereocenters. The highest BCUT2D eigenvalue weighted by Gasteiger charge is 2.19. The van der Waals surface area contributed by atoms with E-state index in [0.717, 1.165) is 22.7 Å². The second kappa shape index (κ2) is 15.5. The van der Waals surface area contributed by atoms with Gasteiger partial charge >= 0.3 is 0 Å². The first-order valence-corrected chi connectivity index (χ1v) is 22.0. The van der Waals surface area contributed by atoms with Crippen LogP contribution in [0.3, 0.4) is 0 Å². The summed E-state index contributed by atoms with van der Waals surface area (Å²) in [5.74, 6) is 0. The smallest absolute Gasteiger partial charge is 0.139 e. The Balaban J connectivity index is 1.01. The van der Waals surface area contributed by atoms with Gasteiger partial charge in [-0.25, -0.2) is 0 Å². The van der Waals surface area contributed by atoms with Crippen molar-refractivity contribution in [3.8, 4) is 39.1 Å². The van der Waals surface area contributed by atoms with Crippen LogP contribution in [-0.4, -0.2) is 43.8 Å². The minimum absolute atomic E-state index is 1.10. The Morgan fingerprint density at radius 1 is 0.317 bits per heavy atom. The zero-order valence-corrected chi connectivity index (χ0v) is 36.4. The van der Waals surface area contributed by atoms with E-state index in [-0.39, 0.29) is 0 Å². The lowest BCUT2D eigenvalue weighted by Crippen LogP contribution is -2.55. The molecule has 0 spiro atoms. The standard InChI is InChI=1S/C56H43B5N2/c57-51-50(52(58)54(60)55(61)53(51)59)38-20-28-45(29-21-38)62(43-24-16-35(17-25-43)40-15-14-34-8-4-5-10-39(34)32-40)44-26-18-36(19-27-44)41-23-30-47-48-31-22-37-9-6-7-13-46(37)56(48)63(49(47)33-41)42-11-2-1-3-12-42/h1-33H,57-61H2. The van der Waals surface area contributed by atoms with E-state index >= 15 is 0 Å². The highest BCUT2D eigenvalue weighted by molar-refractivity contribution is 6.68. The molecular formula is C56H43B5N2. The Kier molecular flexibility index (Phi) is 9.50. The SMILES string of the molecule is Bc1c(B)c(B)c(-c2ccc(N(c3ccc(-c4ccc5ccccc5c4)cc3)c3ccc(-c4ccc5c6ccc7ccccc7c6n(-c6ccccc6)c5c4)cc3)cc2)c(B)c1B. The van der Waals surface area contributed by atoms with Crippen LogP contribution in [0.15, 0.2) is 200 Å². The molecule has 0 amide bonds. The van der Waals surface area contributed by atoms with Crippen molar-refractivity contribution in [2.75, 3.05) is 4.90 Å². The maximum absolute atomic E-state index is 2.44. The molecule has 0 aliphatic rings. The number of aromatic nitrogens is 1. The fourth-order valence-corrected chi connectivity index (χ4v) is 9.94. The lowest BCUT2D eigenvalue weighted by Gasteiger charge is -2.27. The first-order chi connectivity index (χ1) is 30.8. The van der Waals surface area contributed by atoms with E-state index < -0.39 is 0 Å². The zero-order chi connectivity index (χ0) is 42.8. The van der Waals surface area contributed by atoms with Gasteiger partial charge in [0.15, 0.2) is 0 Å². The molecule has 292 valence electrons. The van der Waals surface area contributed by atoms with Crippen LogP contribution in [-0.2, 0) is 0 Å². The van der Waals surface area contributed by atoms with Gasteiger partial charge in [0.2, 0.25) is 0 Å². The van der Waals surface area contributed by atoms with Crippen LogP contribution < -0.4 is 32.2 Å². The minimum atomic E-state index is 1.10. The second-order valence-electron chi connectivity index (χ2n) is 17.1. The van der Waals surface area contributed by atoms with Gasteiger partial charge in [0.05, 0.1) is 11.0 Å². The van der Waals surface area contributed by atoms with E-state index in [1.807, 2.05) is 0 Å². The van der Waals surface area contributed by atoms with Crippen LogP contribution in [0.2, 0.25) is 0 Å². The number of anilines is 3. The molecule has 7 heteroatoms. The van der Waals surface area contributed by atoms with Crippen molar-refractivity contribution in [3.05, 3.63) is 200 Å². The molecular weight excluding hydrogens is 755 g/mol. The van der Waals surface area contributed by atoms with Crippen LogP contribution in [0, 0.1) is 0 Å². The number of nitrogens with zero attached hydrogens (tertiary/aromatic N) is 2. The fraction of sp³-hybridized carbons (Fsp3) is 0. The Labute approximate surface area is 373 Å². The van der Waals surface area contributed by atoms with Crippen LogP contribution in [0.1, 0.15) is 0 Å². The molecule has 63 heavy (non-hydrogen) atoms. The van der Waals surface area contributed by atoms with Crippen molar-refractivity contribution in [2.45, 2.75) is 0 Å². The summed E-state index contributed by atoms with van der Waals surface area (Å²) in [5.41, 5.74) is 21.1. The lowest BCUT2D eigenvalue weighted by atomic mass is 9.60. The predicted octanol–water partition coefficient (Wildman–Crippen LogP) is 6.85. The molecule has 0 bridgehead atoms. The van der Waals surface area contributed by atoms with Gasteiger partial charge in [-0.3, -0.25) is 0 Å². The molecule has 2 nitrogen and oxygen atoms in total. The largest absolute Gasteiger partial charge is 0.311 e. The maximum Gasteiger partial charge on any atom is 0.139 e. The maximum atomic E-state index is 2.44. The molecule has 11 rings (SSSR count). The van der Waals surface area contributed by atoms with Crippen molar-refractivity contribution in [3.63, 3.8) is 0 Å². The Morgan fingerprint density at radius 3 is 1.41 bits per heavy atom. The van der Waals surface area contributed by atoms with Gasteiger partial charge in [0, 0.05) is 38.9 Å². The quantitative estimate of drug-likeness (QED) is 0.160. The predicted molar refractivity (Wildman–Crippen MR) is 288 cm³/mol. The molecule has 1 aromatic heterocycles. The van der Waals surface area contributed by atoms with E-state index in [9.17, 15) is 0 Å². The molecule has 0 fully saturated rings. The topological polar surface area (TPSA) is 8.17 Å². The first kappa shape index (κ1) is 38.6. The van der Waals surface area contributed by atoms with Crippen LogP contribution in [0.5, 0.6) is 0 Å². The van der Waals surface area contributed by atoms with E-state index in [1.165, 1.54) is 104 Å². The summed E-state index contributed by atoms with van der Waals surface area (Å²) in [6, 6.07) is 73.6. The molecule has 0 saturated heterocycles. The Hall–Kier alpha value is -7.36. The van der Waals surface area contributed by atoms with Gasteiger partial charge in [-0.15, -0.1) is 16.4 Å². The van der Waals surface area contributed by atoms with Crippen molar-refractivity contribution in [1.29, 1.82) is 0 Å². The lowest BCUT2D eigenvalue weighted by molar-refractivity contribution is 1.19. The summed E-state index contributed by atoms with van der Waals surface area (Å²) in [6.45, 7) is 0. The number of hydrogen-bond donors (Lipinski definition) is 0. The third-order valence-electron chi connectivity index (χ3n) is 13.7. The average Bonchev–Trinajstić information content (AvgIpc) is 3.68. The summed E-state index contributed by atoms with van der Waals surface area (Å²) >= 11 is 0. The summed E-state index contributed by atoms with van der Waals surface area (Å²) in [5, 5.41) is 7.52. The van der Waals surface area contributed by atoms with Gasteiger partial charge in [-0.2, -0.15) is 0 Å². The van der Waals surface area contributed by atoms with Gasteiger partial charge in [-0.1, -0.05) is 150 Å². The second-order valence-corrected chi connectivity index (χ2v) is 17.1. The molecule has 0 saturated carbocycles. The van der Waals surface area contributed by atoms with E-state index in [1.54, 1.807) is 0 Å². The average molecular weight is 798 g/mol. The van der Waals surface area contributed by atoms with Crippen LogP contribution in [0.25, 0.3) is 82.4 Å². The van der Waals surface area contributed by atoms with Gasteiger partial charge in [-0.05, 0) is 110 Å². The third-order valence-corrected chi connectivity index (χ3v) is 13.7. The summed E-state index contributed by atoms with van der Waals surface area (Å²) < 4.78 is 2.44. The minimum Gasteiger partial charge on any atom is -0.311 e. The summed E-state index contributed by atoms with van der Waals surface area (Å²) in [4.78, 5) is 2.38. The van der Waals surface area contributed by atoms with Gasteiger partial charge in [0.1, 0.15) is 39.2 Å². The molecule has 0 N–H and O–H groups in total. The number of rotatable bonds is 7. The Morgan fingerprint density at radius 2 is 0.778 bits per heavy atom. The van der Waals surface area contributed by atoms with Crippen molar-refractivity contribution < 1.29 is 0 Å². The van der Waals surface area contributed by atoms with Gasteiger partial charge < -0.3 is 9.47 Å². The number of benzene rings is 10. The van der Waals surface area contributed by atoms with Crippen LogP contribution >= 0.6 is 0 Å². The molecule has 11 aromatic rings. The third kappa shape index (κ3) is 6.59. The highest BCUT2D eigenvalue weighted by Crippen LogP contribution is 2.41. The van der Waals surface area contributed by atoms with Gasteiger partial charge in [0.25, 0.3) is 0 Å². The molecule has 1 heterocycles. The van der Waals surface area contributed by atoms with E-state index in [2.05, 4.69) is 249 Å². The monoisotopic (exact) mass is 798 g/mol. The zero-order valence-electron chi connectivity index (χ0n) is 36.4. The molecule has 0 aliphatic heterocycles. The normalized spacial score (nSPS) is 11.5.